The van der Waals surface area contributed by atoms with Gasteiger partial charge in [0.05, 0.1) is 18.9 Å². The first-order valence-electron chi connectivity index (χ1n) is 10.2. The van der Waals surface area contributed by atoms with Crippen molar-refractivity contribution in [3.05, 3.63) is 66.0 Å². The number of hydrogen-bond donors (Lipinski definition) is 2. The Labute approximate surface area is 176 Å². The average molecular weight is 407 g/mol. The lowest BCUT2D eigenvalue weighted by molar-refractivity contribution is 0.0398. The van der Waals surface area contributed by atoms with Crippen LogP contribution in [-0.4, -0.2) is 54.4 Å². The third-order valence-electron chi connectivity index (χ3n) is 5.25. The number of ether oxygens (including phenoxy) is 1. The van der Waals surface area contributed by atoms with Crippen molar-refractivity contribution in [2.75, 3.05) is 44.7 Å². The molecule has 0 saturated carbocycles. The molecule has 0 unspecified atom stereocenters. The fraction of sp³-hybridized carbons (Fsp3) is 0.292. The number of hydrogen-bond acceptors (Lipinski definition) is 5. The highest BCUT2D eigenvalue weighted by Gasteiger charge is 2.13. The zero-order valence-electron chi connectivity index (χ0n) is 17.1. The largest absolute Gasteiger partial charge is 0.507 e. The van der Waals surface area contributed by atoms with E-state index in [0.29, 0.717) is 17.1 Å². The van der Waals surface area contributed by atoms with Crippen LogP contribution in [0.3, 0.4) is 0 Å². The number of halogens is 1. The number of phenols is 1. The smallest absolute Gasteiger partial charge is 0.127 e. The molecule has 0 aliphatic carbocycles. The number of nitrogens with one attached hydrogen (secondary N) is 1. The SMILES string of the molecule is Cc1ccc(O)c(-c2cc(-c3cccc(F)c3)cc(NCCN3CCOCC3)n2)c1. The maximum Gasteiger partial charge on any atom is 0.127 e. The Morgan fingerprint density at radius 3 is 2.70 bits per heavy atom. The molecule has 1 aromatic heterocycles. The number of morpholine rings is 1. The molecule has 4 rings (SSSR count). The van der Waals surface area contributed by atoms with E-state index in [1.54, 1.807) is 12.1 Å². The van der Waals surface area contributed by atoms with Gasteiger partial charge in [0.25, 0.3) is 0 Å². The second-order valence-electron chi connectivity index (χ2n) is 7.54. The molecule has 3 aromatic rings. The summed E-state index contributed by atoms with van der Waals surface area (Å²) in [5.74, 6) is 0.579. The Hall–Kier alpha value is -2.96. The van der Waals surface area contributed by atoms with Crippen molar-refractivity contribution in [1.29, 1.82) is 0 Å². The van der Waals surface area contributed by atoms with Crippen LogP contribution in [0.1, 0.15) is 5.56 Å². The van der Waals surface area contributed by atoms with Crippen molar-refractivity contribution < 1.29 is 14.2 Å². The van der Waals surface area contributed by atoms with E-state index in [1.807, 2.05) is 37.3 Å². The Balaban J connectivity index is 1.64. The van der Waals surface area contributed by atoms with Crippen molar-refractivity contribution in [2.24, 2.45) is 0 Å². The zero-order valence-corrected chi connectivity index (χ0v) is 17.1. The predicted octanol–water partition coefficient (Wildman–Crippen LogP) is 4.31. The van der Waals surface area contributed by atoms with Crippen LogP contribution in [0.4, 0.5) is 10.2 Å². The van der Waals surface area contributed by atoms with Gasteiger partial charge in [0.2, 0.25) is 0 Å². The average Bonchev–Trinajstić information content (AvgIpc) is 2.76. The second-order valence-corrected chi connectivity index (χ2v) is 7.54. The number of aryl methyl sites for hydroxylation is 1. The summed E-state index contributed by atoms with van der Waals surface area (Å²) in [6, 6.07) is 15.7. The lowest BCUT2D eigenvalue weighted by atomic mass is 10.0. The number of aromatic nitrogens is 1. The highest BCUT2D eigenvalue weighted by atomic mass is 19.1. The van der Waals surface area contributed by atoms with Gasteiger partial charge in [0.1, 0.15) is 17.4 Å². The van der Waals surface area contributed by atoms with Crippen LogP contribution in [0, 0.1) is 12.7 Å². The molecule has 0 atom stereocenters. The summed E-state index contributed by atoms with van der Waals surface area (Å²) in [6.45, 7) is 7.00. The molecular formula is C24H26FN3O2. The van der Waals surface area contributed by atoms with E-state index in [2.05, 4.69) is 10.2 Å². The highest BCUT2D eigenvalue weighted by Crippen LogP contribution is 2.33. The molecule has 1 fully saturated rings. The van der Waals surface area contributed by atoms with Gasteiger partial charge in [-0.2, -0.15) is 0 Å². The molecule has 2 aromatic carbocycles. The van der Waals surface area contributed by atoms with Gasteiger partial charge in [-0.05, 0) is 54.4 Å². The lowest BCUT2D eigenvalue weighted by Gasteiger charge is -2.26. The number of aromatic hydroxyl groups is 1. The minimum atomic E-state index is -0.286. The molecule has 2 heterocycles. The predicted molar refractivity (Wildman–Crippen MR) is 117 cm³/mol. The number of anilines is 1. The summed E-state index contributed by atoms with van der Waals surface area (Å²) in [5, 5.41) is 13.8. The van der Waals surface area contributed by atoms with Crippen molar-refractivity contribution in [3.63, 3.8) is 0 Å². The molecule has 0 amide bonds. The summed E-state index contributed by atoms with van der Waals surface area (Å²) >= 11 is 0. The second kappa shape index (κ2) is 9.24. The van der Waals surface area contributed by atoms with Crippen LogP contribution in [0.15, 0.2) is 54.6 Å². The Morgan fingerprint density at radius 1 is 1.07 bits per heavy atom. The van der Waals surface area contributed by atoms with Gasteiger partial charge >= 0.3 is 0 Å². The van der Waals surface area contributed by atoms with Gasteiger partial charge in [0, 0.05) is 31.7 Å². The molecule has 0 radical (unpaired) electrons. The van der Waals surface area contributed by atoms with E-state index in [9.17, 15) is 9.50 Å². The standard InChI is InChI=1S/C24H26FN3O2/c1-17-5-6-23(29)21(13-17)22-15-19(18-3-2-4-20(25)14-18)16-24(27-22)26-7-8-28-9-11-30-12-10-28/h2-6,13-16,29H,7-12H2,1H3,(H,26,27). The van der Waals surface area contributed by atoms with Crippen LogP contribution in [-0.2, 0) is 4.74 Å². The highest BCUT2D eigenvalue weighted by molar-refractivity contribution is 5.76. The first kappa shape index (κ1) is 20.3. The monoisotopic (exact) mass is 407 g/mol. The maximum atomic E-state index is 13.8. The van der Waals surface area contributed by atoms with E-state index < -0.39 is 0 Å². The topological polar surface area (TPSA) is 57.6 Å². The number of benzene rings is 2. The fourth-order valence-corrected chi connectivity index (χ4v) is 3.62. The van der Waals surface area contributed by atoms with Crippen LogP contribution in [0.5, 0.6) is 5.75 Å². The fourth-order valence-electron chi connectivity index (χ4n) is 3.62. The Kier molecular flexibility index (Phi) is 6.26. The molecular weight excluding hydrogens is 381 g/mol. The van der Waals surface area contributed by atoms with E-state index in [0.717, 1.165) is 56.1 Å². The van der Waals surface area contributed by atoms with E-state index in [1.165, 1.54) is 12.1 Å². The van der Waals surface area contributed by atoms with Crippen molar-refractivity contribution in [3.8, 4) is 28.1 Å². The Morgan fingerprint density at radius 2 is 1.90 bits per heavy atom. The molecule has 2 N–H and O–H groups in total. The third-order valence-corrected chi connectivity index (χ3v) is 5.25. The van der Waals surface area contributed by atoms with E-state index in [4.69, 9.17) is 9.72 Å². The summed E-state index contributed by atoms with van der Waals surface area (Å²) in [4.78, 5) is 7.08. The van der Waals surface area contributed by atoms with E-state index >= 15 is 0 Å². The number of nitrogens with zero attached hydrogens (tertiary/aromatic N) is 2. The number of pyridine rings is 1. The molecule has 30 heavy (non-hydrogen) atoms. The van der Waals surface area contributed by atoms with Gasteiger partial charge in [-0.3, -0.25) is 4.90 Å². The van der Waals surface area contributed by atoms with Gasteiger partial charge in [-0.15, -0.1) is 0 Å². The van der Waals surface area contributed by atoms with Gasteiger partial charge < -0.3 is 15.2 Å². The number of phenolic OH excluding ortho intramolecular Hbond substituents is 1. The minimum Gasteiger partial charge on any atom is -0.507 e. The minimum absolute atomic E-state index is 0.170. The molecule has 156 valence electrons. The molecule has 1 aliphatic heterocycles. The quantitative estimate of drug-likeness (QED) is 0.638. The van der Waals surface area contributed by atoms with E-state index in [-0.39, 0.29) is 11.6 Å². The normalized spacial score (nSPS) is 14.6. The summed E-state index contributed by atoms with van der Waals surface area (Å²) in [7, 11) is 0. The lowest BCUT2D eigenvalue weighted by Crippen LogP contribution is -2.39. The summed E-state index contributed by atoms with van der Waals surface area (Å²) in [5.41, 5.74) is 3.94. The van der Waals surface area contributed by atoms with Gasteiger partial charge in [-0.25, -0.2) is 9.37 Å². The van der Waals surface area contributed by atoms with Gasteiger partial charge in [-0.1, -0.05) is 23.8 Å². The first-order chi connectivity index (χ1) is 14.6. The summed E-state index contributed by atoms with van der Waals surface area (Å²) in [6.07, 6.45) is 0. The van der Waals surface area contributed by atoms with Crippen LogP contribution >= 0.6 is 0 Å². The summed E-state index contributed by atoms with van der Waals surface area (Å²) < 4.78 is 19.2. The van der Waals surface area contributed by atoms with Gasteiger partial charge in [0.15, 0.2) is 0 Å². The van der Waals surface area contributed by atoms with Crippen molar-refractivity contribution in [2.45, 2.75) is 6.92 Å². The Bertz CT molecular complexity index is 1020. The van der Waals surface area contributed by atoms with Crippen LogP contribution in [0.25, 0.3) is 22.4 Å². The molecule has 5 nitrogen and oxygen atoms in total. The maximum absolute atomic E-state index is 13.8. The molecule has 6 heteroatoms. The zero-order chi connectivity index (χ0) is 20.9. The molecule has 0 spiro atoms. The molecule has 1 saturated heterocycles. The molecule has 1 aliphatic rings. The third kappa shape index (κ3) is 4.96. The molecule has 0 bridgehead atoms. The first-order valence-corrected chi connectivity index (χ1v) is 10.2. The van der Waals surface area contributed by atoms with Crippen molar-refractivity contribution >= 4 is 5.82 Å². The number of rotatable bonds is 6. The van der Waals surface area contributed by atoms with Crippen LogP contribution in [0.2, 0.25) is 0 Å². The van der Waals surface area contributed by atoms with Crippen molar-refractivity contribution in [1.82, 2.24) is 9.88 Å². The van der Waals surface area contributed by atoms with Crippen LogP contribution < -0.4 is 5.32 Å².